The molecule has 0 saturated heterocycles. The second-order valence-electron chi connectivity index (χ2n) is 10.6. The molecule has 0 bridgehead atoms. The molecule has 0 aliphatic heterocycles. The number of hydrogen-bond donors (Lipinski definition) is 1. The van der Waals surface area contributed by atoms with Crippen LogP contribution in [-0.4, -0.2) is 49.7 Å². The molecule has 1 N–H and O–H groups in total. The molecule has 8 nitrogen and oxygen atoms in total. The number of carbonyl (C=O) groups is 2. The third-order valence-corrected chi connectivity index (χ3v) is 8.24. The van der Waals surface area contributed by atoms with Crippen molar-refractivity contribution in [2.24, 2.45) is 0 Å². The van der Waals surface area contributed by atoms with E-state index < -0.39 is 33.4 Å². The van der Waals surface area contributed by atoms with Crippen LogP contribution in [0.25, 0.3) is 0 Å². The first kappa shape index (κ1) is 37.8. The Kier molecular flexibility index (Phi) is 23.8. The van der Waals surface area contributed by atoms with E-state index >= 15 is 0 Å². The second kappa shape index (κ2) is 24.6. The van der Waals surface area contributed by atoms with Crippen LogP contribution in [-0.2, 0) is 33.9 Å². The van der Waals surface area contributed by atoms with Crippen LogP contribution in [0.2, 0.25) is 0 Å². The number of hydrogen-bond acceptors (Lipinski definition) is 7. The van der Waals surface area contributed by atoms with Crippen molar-refractivity contribution in [3.63, 3.8) is 0 Å². The lowest BCUT2D eigenvalue weighted by Crippen LogP contribution is -2.51. The lowest BCUT2D eigenvalue weighted by molar-refractivity contribution is -0.169. The second-order valence-corrected chi connectivity index (χ2v) is 12.2. The third kappa shape index (κ3) is 18.7. The zero-order valence-corrected chi connectivity index (χ0v) is 26.0. The Bertz CT molecular complexity index is 710. The molecular formula is C30H58O8S. The van der Waals surface area contributed by atoms with Crippen LogP contribution >= 0.6 is 0 Å². The van der Waals surface area contributed by atoms with E-state index in [0.29, 0.717) is 12.8 Å². The maximum absolute atomic E-state index is 12.8. The highest BCUT2D eigenvalue weighted by molar-refractivity contribution is 7.88. The van der Waals surface area contributed by atoms with Gasteiger partial charge < -0.3 is 14.2 Å². The van der Waals surface area contributed by atoms with Crippen molar-refractivity contribution in [2.45, 2.75) is 161 Å². The number of rotatable bonds is 28. The zero-order chi connectivity index (χ0) is 29.2. The van der Waals surface area contributed by atoms with Gasteiger partial charge in [0.05, 0.1) is 13.2 Å². The molecule has 9 heteroatoms. The summed E-state index contributed by atoms with van der Waals surface area (Å²) in [6.45, 7) is 5.79. The molecule has 39 heavy (non-hydrogen) atoms. The molecule has 0 heterocycles. The van der Waals surface area contributed by atoms with Crippen molar-refractivity contribution in [1.82, 2.24) is 0 Å². The van der Waals surface area contributed by atoms with Crippen LogP contribution in [0.4, 0.5) is 0 Å². The highest BCUT2D eigenvalue weighted by atomic mass is 32.2. The summed E-state index contributed by atoms with van der Waals surface area (Å²) in [4.78, 5) is 22.4. The smallest absolute Gasteiger partial charge is 0.357 e. The molecule has 0 fully saturated rings. The molecule has 0 rings (SSSR count). The summed E-state index contributed by atoms with van der Waals surface area (Å²) in [5, 5.41) is 0. The largest absolute Gasteiger partial charge is 0.466 e. The summed E-state index contributed by atoms with van der Waals surface area (Å²) in [6, 6.07) is 0. The average Bonchev–Trinajstić information content (AvgIpc) is 2.89. The topological polar surface area (TPSA) is 116 Å². The van der Waals surface area contributed by atoms with E-state index in [1.54, 1.807) is 0 Å². The van der Waals surface area contributed by atoms with Gasteiger partial charge in [-0.1, -0.05) is 129 Å². The molecule has 0 aromatic carbocycles. The van der Waals surface area contributed by atoms with Crippen LogP contribution in [0.1, 0.15) is 156 Å². The first-order valence-corrected chi connectivity index (χ1v) is 17.1. The van der Waals surface area contributed by atoms with E-state index in [1.807, 2.05) is 0 Å². The van der Waals surface area contributed by atoms with Gasteiger partial charge in [0.1, 0.15) is 6.42 Å². The fourth-order valence-corrected chi connectivity index (χ4v) is 5.40. The molecule has 0 saturated carbocycles. The quantitative estimate of drug-likeness (QED) is 0.0565. The normalized spacial score (nSPS) is 13.2. The minimum Gasteiger partial charge on any atom is -0.466 e. The molecule has 0 amide bonds. The summed E-state index contributed by atoms with van der Waals surface area (Å²) in [7, 11) is -5.10. The van der Waals surface area contributed by atoms with Crippen molar-refractivity contribution < 1.29 is 36.8 Å². The summed E-state index contributed by atoms with van der Waals surface area (Å²) < 4.78 is 49.8. The monoisotopic (exact) mass is 578 g/mol. The maximum atomic E-state index is 12.8. The van der Waals surface area contributed by atoms with E-state index in [0.717, 1.165) is 38.5 Å². The summed E-state index contributed by atoms with van der Waals surface area (Å²) in [5.74, 6) is -2.20. The van der Waals surface area contributed by atoms with Crippen LogP contribution in [0, 0.1) is 0 Å². The Balaban J connectivity index is 4.40. The van der Waals surface area contributed by atoms with Gasteiger partial charge in [-0.2, -0.15) is 8.42 Å². The van der Waals surface area contributed by atoms with Crippen LogP contribution in [0.5, 0.6) is 0 Å². The minimum atomic E-state index is -5.10. The Morgan fingerprint density at radius 1 is 0.590 bits per heavy atom. The summed E-state index contributed by atoms with van der Waals surface area (Å²) in [5.41, 5.74) is 0. The lowest BCUT2D eigenvalue weighted by atomic mass is 10.1. The van der Waals surface area contributed by atoms with Gasteiger partial charge in [-0.15, -0.1) is 0 Å². The molecule has 1 atom stereocenters. The molecular weight excluding hydrogens is 520 g/mol. The van der Waals surface area contributed by atoms with E-state index in [1.165, 1.54) is 84.0 Å². The van der Waals surface area contributed by atoms with Gasteiger partial charge in [-0.3, -0.25) is 9.35 Å². The third-order valence-electron chi connectivity index (χ3n) is 6.97. The number of unbranched alkanes of at least 4 members (excludes halogenated alkanes) is 18. The van der Waals surface area contributed by atoms with Crippen LogP contribution < -0.4 is 0 Å². The first-order valence-electron chi connectivity index (χ1n) is 15.7. The number of carbonyl (C=O) groups excluding carboxylic acids is 2. The SMILES string of the molecule is CCCCCCCCCCCCOC(=O)CC(OCC)(C(=O)OCCCCCCCCCCCC)S(=O)(=O)O. The van der Waals surface area contributed by atoms with Gasteiger partial charge in [0.15, 0.2) is 0 Å². The van der Waals surface area contributed by atoms with E-state index in [-0.39, 0.29) is 19.8 Å². The zero-order valence-electron chi connectivity index (χ0n) is 25.2. The van der Waals surface area contributed by atoms with Gasteiger partial charge in [0, 0.05) is 6.61 Å². The Morgan fingerprint density at radius 3 is 1.31 bits per heavy atom. The number of ether oxygens (including phenoxy) is 3. The fraction of sp³-hybridized carbons (Fsp3) is 0.933. The maximum Gasteiger partial charge on any atom is 0.357 e. The molecule has 0 aromatic rings. The van der Waals surface area contributed by atoms with E-state index in [9.17, 15) is 22.6 Å². The van der Waals surface area contributed by atoms with E-state index in [2.05, 4.69) is 13.8 Å². The standard InChI is InChI=1S/C30H58O8S/c1-4-7-9-11-13-15-17-19-21-23-25-36-28(31)27-30(38-6-3,39(33,34)35)29(32)37-26-24-22-20-18-16-14-12-10-8-5-2/h4-27H2,1-3H3,(H,33,34,35). The summed E-state index contributed by atoms with van der Waals surface area (Å²) in [6.07, 6.45) is 21.4. The van der Waals surface area contributed by atoms with Gasteiger partial charge in [0.2, 0.25) is 0 Å². The Morgan fingerprint density at radius 2 is 0.949 bits per heavy atom. The van der Waals surface area contributed by atoms with Crippen molar-refractivity contribution >= 4 is 22.1 Å². The van der Waals surface area contributed by atoms with Crippen molar-refractivity contribution in [3.8, 4) is 0 Å². The highest BCUT2D eigenvalue weighted by Crippen LogP contribution is 2.26. The number of esters is 2. The van der Waals surface area contributed by atoms with Crippen molar-refractivity contribution in [2.75, 3.05) is 19.8 Å². The van der Waals surface area contributed by atoms with Gasteiger partial charge >= 0.3 is 27.0 Å². The van der Waals surface area contributed by atoms with Gasteiger partial charge in [-0.05, 0) is 19.8 Å². The van der Waals surface area contributed by atoms with Crippen LogP contribution in [0.15, 0.2) is 0 Å². The molecule has 0 aliphatic rings. The predicted octanol–water partition coefficient (Wildman–Crippen LogP) is 7.93. The van der Waals surface area contributed by atoms with Crippen molar-refractivity contribution in [3.05, 3.63) is 0 Å². The molecule has 1 unspecified atom stereocenters. The summed E-state index contributed by atoms with van der Waals surface area (Å²) >= 11 is 0. The van der Waals surface area contributed by atoms with E-state index in [4.69, 9.17) is 14.2 Å². The van der Waals surface area contributed by atoms with Crippen molar-refractivity contribution in [1.29, 1.82) is 0 Å². The molecule has 0 spiro atoms. The van der Waals surface area contributed by atoms with Gasteiger partial charge in [0.25, 0.3) is 0 Å². The Labute approximate surface area is 239 Å². The highest BCUT2D eigenvalue weighted by Gasteiger charge is 2.55. The minimum absolute atomic E-state index is 0.00662. The predicted molar refractivity (Wildman–Crippen MR) is 156 cm³/mol. The van der Waals surface area contributed by atoms with Crippen LogP contribution in [0.3, 0.4) is 0 Å². The first-order chi connectivity index (χ1) is 18.7. The van der Waals surface area contributed by atoms with Gasteiger partial charge in [-0.25, -0.2) is 4.79 Å². The molecule has 0 radical (unpaired) electrons. The lowest BCUT2D eigenvalue weighted by Gasteiger charge is -2.27. The fourth-order valence-electron chi connectivity index (χ4n) is 4.57. The molecule has 0 aromatic heterocycles. The average molecular weight is 579 g/mol. The Hall–Kier alpha value is -1.19. The molecule has 0 aliphatic carbocycles. The molecule has 232 valence electrons.